The van der Waals surface area contributed by atoms with E-state index in [4.69, 9.17) is 9.26 Å². The van der Waals surface area contributed by atoms with Crippen LogP contribution in [0.4, 0.5) is 0 Å². The molecule has 8 nitrogen and oxygen atoms in total. The first kappa shape index (κ1) is 20.2. The van der Waals surface area contributed by atoms with Crippen LogP contribution in [0, 0.1) is 5.92 Å². The van der Waals surface area contributed by atoms with Crippen LogP contribution in [0.15, 0.2) is 21.7 Å². The van der Waals surface area contributed by atoms with E-state index in [0.29, 0.717) is 11.8 Å². The lowest BCUT2D eigenvalue weighted by molar-refractivity contribution is 0.0778. The van der Waals surface area contributed by atoms with Crippen molar-refractivity contribution in [2.24, 2.45) is 5.92 Å². The summed E-state index contributed by atoms with van der Waals surface area (Å²) in [7, 11) is 0. The zero-order chi connectivity index (χ0) is 20.2. The third-order valence-electron chi connectivity index (χ3n) is 6.07. The fourth-order valence-corrected chi connectivity index (χ4v) is 4.14. The number of hydrogen-bond acceptors (Lipinski definition) is 7. The van der Waals surface area contributed by atoms with E-state index in [1.165, 1.54) is 0 Å². The van der Waals surface area contributed by atoms with Gasteiger partial charge in [0.1, 0.15) is 0 Å². The number of ether oxygens (including phenoxy) is 1. The van der Waals surface area contributed by atoms with Gasteiger partial charge < -0.3 is 9.26 Å². The summed E-state index contributed by atoms with van der Waals surface area (Å²) in [5, 5.41) is 4.18. The van der Waals surface area contributed by atoms with Crippen LogP contribution in [0.1, 0.15) is 68.8 Å². The van der Waals surface area contributed by atoms with Crippen molar-refractivity contribution in [1.29, 1.82) is 0 Å². The molecule has 0 N–H and O–H groups in total. The van der Waals surface area contributed by atoms with Crippen LogP contribution < -0.4 is 5.56 Å². The summed E-state index contributed by atoms with van der Waals surface area (Å²) in [4.78, 5) is 23.8. The van der Waals surface area contributed by atoms with Crippen molar-refractivity contribution < 1.29 is 9.26 Å². The highest BCUT2D eigenvalue weighted by Gasteiger charge is 2.24. The van der Waals surface area contributed by atoms with Crippen LogP contribution in [0.25, 0.3) is 0 Å². The van der Waals surface area contributed by atoms with Gasteiger partial charge in [-0.3, -0.25) is 14.3 Å². The SMILES string of the molecule is CC(C)c1cc(=O)n(CC2CCN(Cc3noc(C4CCOCC4)n3)CC2)cn1. The molecule has 0 atom stereocenters. The standard InChI is InChI=1S/C21H31N5O3/c1-15(2)18-11-20(27)26(14-22-18)12-16-3-7-25(8-4-16)13-19-23-21(29-24-19)17-5-9-28-10-6-17/h11,14-17H,3-10,12-13H2,1-2H3. The van der Waals surface area contributed by atoms with E-state index in [2.05, 4.69) is 33.9 Å². The summed E-state index contributed by atoms with van der Waals surface area (Å²) >= 11 is 0. The highest BCUT2D eigenvalue weighted by molar-refractivity contribution is 5.04. The van der Waals surface area contributed by atoms with Crippen molar-refractivity contribution in [1.82, 2.24) is 24.6 Å². The van der Waals surface area contributed by atoms with Crippen molar-refractivity contribution >= 4 is 0 Å². The Labute approximate surface area is 171 Å². The highest BCUT2D eigenvalue weighted by atomic mass is 16.5. The van der Waals surface area contributed by atoms with Gasteiger partial charge >= 0.3 is 0 Å². The molecule has 8 heteroatoms. The topological polar surface area (TPSA) is 86.3 Å². The third kappa shape index (κ3) is 5.11. The third-order valence-corrected chi connectivity index (χ3v) is 6.07. The quantitative estimate of drug-likeness (QED) is 0.735. The van der Waals surface area contributed by atoms with Crippen molar-refractivity contribution in [2.45, 2.75) is 64.5 Å². The monoisotopic (exact) mass is 401 g/mol. The molecule has 0 bridgehead atoms. The second-order valence-electron chi connectivity index (χ2n) is 8.61. The van der Waals surface area contributed by atoms with Gasteiger partial charge in [-0.25, -0.2) is 4.98 Å². The zero-order valence-corrected chi connectivity index (χ0v) is 17.4. The minimum Gasteiger partial charge on any atom is -0.381 e. The molecule has 0 aromatic carbocycles. The molecule has 2 fully saturated rings. The maximum atomic E-state index is 12.3. The van der Waals surface area contributed by atoms with Crippen molar-refractivity contribution in [3.05, 3.63) is 40.2 Å². The highest BCUT2D eigenvalue weighted by Crippen LogP contribution is 2.26. The Morgan fingerprint density at radius 3 is 2.62 bits per heavy atom. The molecule has 2 aromatic heterocycles. The van der Waals surface area contributed by atoms with Gasteiger partial charge in [-0.15, -0.1) is 0 Å². The normalized spacial score (nSPS) is 19.8. The fourth-order valence-electron chi connectivity index (χ4n) is 4.14. The molecule has 0 unspecified atom stereocenters. The average molecular weight is 402 g/mol. The Morgan fingerprint density at radius 2 is 1.93 bits per heavy atom. The smallest absolute Gasteiger partial charge is 0.253 e. The molecule has 2 aliphatic rings. The summed E-state index contributed by atoms with van der Waals surface area (Å²) in [5.41, 5.74) is 0.917. The van der Waals surface area contributed by atoms with E-state index in [-0.39, 0.29) is 11.5 Å². The Balaban J connectivity index is 1.26. The molecule has 2 saturated heterocycles. The predicted molar refractivity (Wildman–Crippen MR) is 108 cm³/mol. The van der Waals surface area contributed by atoms with Crippen molar-refractivity contribution in [3.8, 4) is 0 Å². The van der Waals surface area contributed by atoms with E-state index in [0.717, 1.165) is 82.5 Å². The van der Waals surface area contributed by atoms with Crippen LogP contribution >= 0.6 is 0 Å². The number of nitrogens with zero attached hydrogens (tertiary/aromatic N) is 5. The molecular formula is C21H31N5O3. The molecule has 2 aromatic rings. The van der Waals surface area contributed by atoms with Gasteiger partial charge in [0.2, 0.25) is 5.89 Å². The second kappa shape index (κ2) is 9.17. The molecule has 4 heterocycles. The molecule has 4 rings (SSSR count). The minimum absolute atomic E-state index is 0.0542. The lowest BCUT2D eigenvalue weighted by Gasteiger charge is -2.31. The van der Waals surface area contributed by atoms with Crippen LogP contribution in [0.2, 0.25) is 0 Å². The van der Waals surface area contributed by atoms with E-state index < -0.39 is 0 Å². The van der Waals surface area contributed by atoms with E-state index >= 15 is 0 Å². The van der Waals surface area contributed by atoms with Gasteiger partial charge in [0, 0.05) is 31.7 Å². The van der Waals surface area contributed by atoms with E-state index in [9.17, 15) is 4.79 Å². The molecule has 0 saturated carbocycles. The maximum absolute atomic E-state index is 12.3. The Kier molecular flexibility index (Phi) is 6.40. The summed E-state index contributed by atoms with van der Waals surface area (Å²) in [6.07, 6.45) is 5.74. The van der Waals surface area contributed by atoms with Gasteiger partial charge in [-0.1, -0.05) is 19.0 Å². The first-order valence-corrected chi connectivity index (χ1v) is 10.8. The number of piperidine rings is 1. The number of hydrogen-bond donors (Lipinski definition) is 0. The molecule has 2 aliphatic heterocycles. The average Bonchev–Trinajstić information content (AvgIpc) is 3.20. The first-order valence-electron chi connectivity index (χ1n) is 10.8. The first-order chi connectivity index (χ1) is 14.1. The summed E-state index contributed by atoms with van der Waals surface area (Å²) < 4.78 is 12.7. The van der Waals surface area contributed by atoms with Crippen LogP contribution in [0.3, 0.4) is 0 Å². The van der Waals surface area contributed by atoms with Gasteiger partial charge in [0.15, 0.2) is 5.82 Å². The minimum atomic E-state index is 0.0542. The number of rotatable bonds is 6. The number of aromatic nitrogens is 4. The molecule has 0 aliphatic carbocycles. The van der Waals surface area contributed by atoms with E-state index in [1.807, 2.05) is 0 Å². The zero-order valence-electron chi connectivity index (χ0n) is 17.4. The molecule has 0 spiro atoms. The van der Waals surface area contributed by atoms with E-state index in [1.54, 1.807) is 17.0 Å². The predicted octanol–water partition coefficient (Wildman–Crippen LogP) is 2.56. The molecule has 158 valence electrons. The van der Waals surface area contributed by atoms with Gasteiger partial charge in [-0.05, 0) is 50.6 Å². The Bertz CT molecular complexity index is 848. The molecule has 0 amide bonds. The second-order valence-corrected chi connectivity index (χ2v) is 8.61. The van der Waals surface area contributed by atoms with Gasteiger partial charge in [0.25, 0.3) is 5.56 Å². The molecule has 0 radical (unpaired) electrons. The Morgan fingerprint density at radius 1 is 1.17 bits per heavy atom. The maximum Gasteiger partial charge on any atom is 0.253 e. The number of likely N-dealkylation sites (tertiary alicyclic amines) is 1. The Hall–Kier alpha value is -2.06. The largest absolute Gasteiger partial charge is 0.381 e. The summed E-state index contributed by atoms with van der Waals surface area (Å²) in [6.45, 7) is 9.09. The van der Waals surface area contributed by atoms with Crippen molar-refractivity contribution in [3.63, 3.8) is 0 Å². The summed E-state index contributed by atoms with van der Waals surface area (Å²) in [6, 6.07) is 1.67. The fraction of sp³-hybridized carbons (Fsp3) is 0.714. The molecule has 29 heavy (non-hydrogen) atoms. The van der Waals surface area contributed by atoms with Crippen LogP contribution in [-0.4, -0.2) is 50.9 Å². The lowest BCUT2D eigenvalue weighted by Crippen LogP contribution is -2.36. The summed E-state index contributed by atoms with van der Waals surface area (Å²) in [5.74, 6) is 2.64. The molecular weight excluding hydrogens is 370 g/mol. The van der Waals surface area contributed by atoms with Gasteiger partial charge in [-0.2, -0.15) is 4.98 Å². The lowest BCUT2D eigenvalue weighted by atomic mass is 9.96. The van der Waals surface area contributed by atoms with Gasteiger partial charge in [0.05, 0.1) is 18.6 Å². The van der Waals surface area contributed by atoms with Crippen LogP contribution in [0.5, 0.6) is 0 Å². The van der Waals surface area contributed by atoms with Crippen molar-refractivity contribution in [2.75, 3.05) is 26.3 Å². The van der Waals surface area contributed by atoms with Crippen LogP contribution in [-0.2, 0) is 17.8 Å².